The van der Waals surface area contributed by atoms with Crippen LogP contribution >= 0.6 is 27.3 Å². The summed E-state index contributed by atoms with van der Waals surface area (Å²) in [7, 11) is 1.63. The van der Waals surface area contributed by atoms with Crippen molar-refractivity contribution in [3.05, 3.63) is 39.6 Å². The van der Waals surface area contributed by atoms with Crippen molar-refractivity contribution in [2.24, 2.45) is 5.41 Å². The molecule has 3 aromatic heterocycles. The Morgan fingerprint density at radius 1 is 1.35 bits per heavy atom. The average molecular weight is 640 g/mol. The number of amides is 1. The summed E-state index contributed by atoms with van der Waals surface area (Å²) in [6.07, 6.45) is -4.28. The number of alkyl halides is 3. The third kappa shape index (κ3) is 5.54. The van der Waals surface area contributed by atoms with E-state index in [2.05, 4.69) is 51.8 Å². The minimum absolute atomic E-state index is 0.00578. The lowest BCUT2D eigenvalue weighted by molar-refractivity contribution is -0.203. The predicted molar refractivity (Wildman–Crippen MR) is 147 cm³/mol. The van der Waals surface area contributed by atoms with Crippen molar-refractivity contribution < 1.29 is 23.1 Å². The van der Waals surface area contributed by atoms with Gasteiger partial charge < -0.3 is 15.7 Å². The Bertz CT molecular complexity index is 1580. The molecule has 3 N–H and O–H groups in total. The van der Waals surface area contributed by atoms with E-state index in [1.165, 1.54) is 16.0 Å². The number of hydrogen-bond donors (Lipinski definition) is 3. The number of rotatable bonds is 7. The van der Waals surface area contributed by atoms with Crippen LogP contribution in [0.4, 0.5) is 19.1 Å². The molecule has 0 radical (unpaired) electrons. The number of anilines is 1. The minimum atomic E-state index is -4.78. The van der Waals surface area contributed by atoms with Crippen LogP contribution in [-0.2, 0) is 11.2 Å². The molecule has 0 spiro atoms. The zero-order chi connectivity index (χ0) is 28.8. The lowest BCUT2D eigenvalue weighted by Crippen LogP contribution is -2.35. The zero-order valence-corrected chi connectivity index (χ0v) is 24.2. The zero-order valence-electron chi connectivity index (χ0n) is 21.8. The molecule has 0 bridgehead atoms. The van der Waals surface area contributed by atoms with E-state index >= 15 is 0 Å². The van der Waals surface area contributed by atoms with Crippen molar-refractivity contribution in [3.63, 3.8) is 0 Å². The first-order chi connectivity index (χ1) is 18.9. The molecule has 1 aliphatic rings. The first-order valence-electron chi connectivity index (χ1n) is 12.5. The fourth-order valence-electron chi connectivity index (χ4n) is 4.99. The number of aliphatic hydroxyl groups is 1. The quantitative estimate of drug-likeness (QED) is 0.268. The maximum atomic E-state index is 13.3. The first-order valence-corrected chi connectivity index (χ1v) is 14.1. The third-order valence-corrected chi connectivity index (χ3v) is 8.57. The summed E-state index contributed by atoms with van der Waals surface area (Å²) < 4.78 is 41.8. The Kier molecular flexibility index (Phi) is 7.56. The molecule has 4 aromatic rings. The summed E-state index contributed by atoms with van der Waals surface area (Å²) in [6.45, 7) is 3.69. The molecule has 10 nitrogen and oxygen atoms in total. The van der Waals surface area contributed by atoms with Crippen LogP contribution in [0.3, 0.4) is 0 Å². The number of fused-ring (bicyclic) bond motifs is 1. The molecule has 15 heteroatoms. The van der Waals surface area contributed by atoms with Gasteiger partial charge in [0.1, 0.15) is 14.6 Å². The van der Waals surface area contributed by atoms with Crippen molar-refractivity contribution >= 4 is 50.2 Å². The Hall–Kier alpha value is -3.17. The molecule has 3 heterocycles. The summed E-state index contributed by atoms with van der Waals surface area (Å²) in [5.74, 6) is 0.342. The summed E-state index contributed by atoms with van der Waals surface area (Å²) in [6, 6.07) is 4.88. The fraction of sp³-hybridized carbons (Fsp3) is 0.440. The largest absolute Gasteiger partial charge is 0.414 e. The second kappa shape index (κ2) is 10.7. The van der Waals surface area contributed by atoms with E-state index in [9.17, 15) is 23.1 Å². The van der Waals surface area contributed by atoms with E-state index in [4.69, 9.17) is 0 Å². The maximum Gasteiger partial charge on any atom is 0.414 e. The number of aryl methyl sites for hydroxylation is 1. The Balaban J connectivity index is 1.51. The van der Waals surface area contributed by atoms with Gasteiger partial charge in [-0.05, 0) is 65.9 Å². The van der Waals surface area contributed by atoms with E-state index in [-0.39, 0.29) is 17.5 Å². The Morgan fingerprint density at radius 3 is 2.80 bits per heavy atom. The molecule has 1 saturated carbocycles. The van der Waals surface area contributed by atoms with Gasteiger partial charge >= 0.3 is 6.18 Å². The summed E-state index contributed by atoms with van der Waals surface area (Å²) in [4.78, 5) is 21.4. The molecule has 40 heavy (non-hydrogen) atoms. The van der Waals surface area contributed by atoms with Gasteiger partial charge in [-0.3, -0.25) is 4.79 Å². The highest BCUT2D eigenvalue weighted by atomic mass is 79.9. The molecule has 0 saturated heterocycles. The Morgan fingerprint density at radius 2 is 2.12 bits per heavy atom. The number of carbonyl (C=O) groups is 1. The highest BCUT2D eigenvalue weighted by molar-refractivity contribution is 9.10. The molecule has 1 aromatic carbocycles. The van der Waals surface area contributed by atoms with E-state index in [1.807, 2.05) is 6.92 Å². The number of nitrogens with one attached hydrogen (secondary N) is 2. The highest BCUT2D eigenvalue weighted by Crippen LogP contribution is 2.39. The SMILES string of the molecule is CNC(=O)[C@]1(C)CC[C@@H](Nc2ncc3c(Br)nn(-c4ccc(-c5nnc(C)s5)c(CC(O)C(F)(F)F)c4)c3n2)C1. The molecule has 1 unspecified atom stereocenters. The first kappa shape index (κ1) is 28.4. The van der Waals surface area contributed by atoms with E-state index < -0.39 is 24.1 Å². The number of hydrogen-bond acceptors (Lipinski definition) is 9. The maximum absolute atomic E-state index is 13.3. The van der Waals surface area contributed by atoms with Crippen LogP contribution in [0.2, 0.25) is 0 Å². The van der Waals surface area contributed by atoms with Gasteiger partial charge in [-0.2, -0.15) is 23.3 Å². The lowest BCUT2D eigenvalue weighted by atomic mass is 9.87. The van der Waals surface area contributed by atoms with Crippen LogP contribution in [0.5, 0.6) is 0 Å². The molecule has 3 atom stereocenters. The van der Waals surface area contributed by atoms with Crippen LogP contribution in [0.15, 0.2) is 29.0 Å². The highest BCUT2D eigenvalue weighted by Gasteiger charge is 2.41. The van der Waals surface area contributed by atoms with Gasteiger partial charge in [0.15, 0.2) is 11.8 Å². The van der Waals surface area contributed by atoms with Crippen LogP contribution in [0.25, 0.3) is 27.3 Å². The van der Waals surface area contributed by atoms with Crippen molar-refractivity contribution in [1.82, 2.24) is 35.3 Å². The van der Waals surface area contributed by atoms with Crippen LogP contribution in [0, 0.1) is 12.3 Å². The molecule has 1 fully saturated rings. The number of aliphatic hydroxyl groups excluding tert-OH is 1. The fourth-order valence-corrected chi connectivity index (χ4v) is 6.18. The van der Waals surface area contributed by atoms with Crippen LogP contribution in [-0.4, -0.2) is 66.3 Å². The number of aromatic nitrogens is 6. The normalized spacial score (nSPS) is 20.1. The second-order valence-corrected chi connectivity index (χ2v) is 12.0. The predicted octanol–water partition coefficient (Wildman–Crippen LogP) is 4.59. The molecule has 1 amide bonds. The molecule has 1 aliphatic carbocycles. The molecule has 0 aliphatic heterocycles. The van der Waals surface area contributed by atoms with Gasteiger partial charge in [-0.1, -0.05) is 18.3 Å². The average Bonchev–Trinajstić information content (AvgIpc) is 3.60. The van der Waals surface area contributed by atoms with Gasteiger partial charge in [0.2, 0.25) is 11.9 Å². The van der Waals surface area contributed by atoms with Gasteiger partial charge in [0, 0.05) is 36.7 Å². The van der Waals surface area contributed by atoms with E-state index in [0.29, 0.717) is 49.3 Å². The van der Waals surface area contributed by atoms with Crippen LogP contribution < -0.4 is 10.6 Å². The van der Waals surface area contributed by atoms with E-state index in [0.717, 1.165) is 12.8 Å². The number of nitrogens with zero attached hydrogens (tertiary/aromatic N) is 6. The minimum Gasteiger partial charge on any atom is -0.383 e. The summed E-state index contributed by atoms with van der Waals surface area (Å²) in [5, 5.41) is 30.2. The van der Waals surface area contributed by atoms with Crippen molar-refractivity contribution in [2.45, 2.75) is 57.9 Å². The molecule has 212 valence electrons. The summed E-state index contributed by atoms with van der Waals surface area (Å²) >= 11 is 4.67. The van der Waals surface area contributed by atoms with Gasteiger partial charge in [0.05, 0.1) is 11.1 Å². The summed E-state index contributed by atoms with van der Waals surface area (Å²) in [5.41, 5.74) is 1.09. The van der Waals surface area contributed by atoms with Crippen molar-refractivity contribution in [2.75, 3.05) is 12.4 Å². The lowest BCUT2D eigenvalue weighted by Gasteiger charge is -2.22. The molecular weight excluding hydrogens is 613 g/mol. The standard InChI is InChI=1S/C25H26BrF3N8O2S/c1-12-34-35-21(40-12)16-5-4-15(8-13(16)9-18(38)25(27,28)29)37-20-17(19(26)36-37)11-31-23(33-20)32-14-6-7-24(2,10-14)22(39)30-3/h4-5,8,11,14,18,38H,6-7,9-10H2,1-3H3,(H,30,39)(H,31,32,33)/t14-,18?,24-/m1/s1. The van der Waals surface area contributed by atoms with Crippen molar-refractivity contribution in [3.8, 4) is 16.3 Å². The number of benzene rings is 1. The third-order valence-electron chi connectivity index (χ3n) is 7.11. The molecule has 5 rings (SSSR count). The second-order valence-electron chi connectivity index (χ2n) is 10.1. The van der Waals surface area contributed by atoms with E-state index in [1.54, 1.807) is 38.4 Å². The topological polar surface area (TPSA) is 131 Å². The van der Waals surface area contributed by atoms with Gasteiger partial charge in [-0.25, -0.2) is 9.67 Å². The molecular formula is C25H26BrF3N8O2S. The Labute approximate surface area is 239 Å². The van der Waals surface area contributed by atoms with Crippen molar-refractivity contribution in [1.29, 1.82) is 0 Å². The number of halogens is 4. The smallest absolute Gasteiger partial charge is 0.383 e. The van der Waals surface area contributed by atoms with Gasteiger partial charge in [0.25, 0.3) is 0 Å². The van der Waals surface area contributed by atoms with Crippen LogP contribution in [0.1, 0.15) is 36.8 Å². The number of carbonyl (C=O) groups excluding carboxylic acids is 1. The van der Waals surface area contributed by atoms with Gasteiger partial charge in [-0.15, -0.1) is 10.2 Å². The monoisotopic (exact) mass is 638 g/mol.